The first-order chi connectivity index (χ1) is 12.1. The van der Waals surface area contributed by atoms with Crippen LogP contribution in [-0.4, -0.2) is 13.1 Å². The molecule has 25 heavy (non-hydrogen) atoms. The highest BCUT2D eigenvalue weighted by molar-refractivity contribution is 9.10. The van der Waals surface area contributed by atoms with E-state index in [9.17, 15) is 4.79 Å². The van der Waals surface area contributed by atoms with Crippen molar-refractivity contribution in [1.82, 2.24) is 0 Å². The van der Waals surface area contributed by atoms with Crippen molar-refractivity contribution in [1.29, 1.82) is 0 Å². The van der Waals surface area contributed by atoms with Crippen LogP contribution in [0.15, 0.2) is 53.0 Å². The van der Waals surface area contributed by atoms with Gasteiger partial charge in [0.25, 0.3) is 0 Å². The molecule has 2 aromatic carbocycles. The van der Waals surface area contributed by atoms with E-state index in [-0.39, 0.29) is 17.9 Å². The fraction of sp³-hybridized carbons (Fsp3) is 0.250. The summed E-state index contributed by atoms with van der Waals surface area (Å²) in [5.41, 5.74) is 3.59. The molecular weight excluding hydrogens is 402 g/mol. The Morgan fingerprint density at radius 1 is 1.24 bits per heavy atom. The van der Waals surface area contributed by atoms with Gasteiger partial charge in [0.2, 0.25) is 0 Å². The van der Waals surface area contributed by atoms with E-state index in [0.29, 0.717) is 16.5 Å². The molecule has 0 fully saturated rings. The lowest BCUT2D eigenvalue weighted by molar-refractivity contribution is 0.0598. The molecule has 3 atom stereocenters. The Morgan fingerprint density at radius 3 is 2.72 bits per heavy atom. The molecule has 1 aliphatic carbocycles. The van der Waals surface area contributed by atoms with Crippen molar-refractivity contribution >= 4 is 39.2 Å². The summed E-state index contributed by atoms with van der Waals surface area (Å²) in [6.07, 6.45) is 5.35. The molecule has 0 unspecified atom stereocenters. The Balaban J connectivity index is 1.85. The minimum Gasteiger partial charge on any atom is -0.465 e. The molecule has 0 amide bonds. The molecule has 2 aliphatic rings. The van der Waals surface area contributed by atoms with E-state index in [1.165, 1.54) is 12.7 Å². The maximum atomic E-state index is 12.3. The topological polar surface area (TPSA) is 38.3 Å². The third kappa shape index (κ3) is 2.77. The largest absolute Gasteiger partial charge is 0.465 e. The van der Waals surface area contributed by atoms with Gasteiger partial charge in [-0.25, -0.2) is 4.79 Å². The SMILES string of the molecule is COC(=O)c1ccc(Cl)c2c1[C@@H]1C=CC[C@H]1[C@H](c1ccc(Br)cc1)N2. The number of carbonyl (C=O) groups excluding carboxylic acids is 1. The Labute approximate surface area is 160 Å². The molecule has 0 saturated carbocycles. The van der Waals surface area contributed by atoms with Crippen LogP contribution in [-0.2, 0) is 4.74 Å². The van der Waals surface area contributed by atoms with Gasteiger partial charge in [0.15, 0.2) is 0 Å². The molecule has 3 nitrogen and oxygen atoms in total. The Hall–Kier alpha value is -1.78. The number of methoxy groups -OCH3 is 1. The third-order valence-electron chi connectivity index (χ3n) is 5.10. The van der Waals surface area contributed by atoms with E-state index in [1.807, 2.05) is 0 Å². The van der Waals surface area contributed by atoms with Crippen LogP contribution in [0.5, 0.6) is 0 Å². The molecule has 0 aromatic heterocycles. The van der Waals surface area contributed by atoms with Gasteiger partial charge in [0.05, 0.1) is 29.4 Å². The molecule has 1 heterocycles. The van der Waals surface area contributed by atoms with Gasteiger partial charge < -0.3 is 10.1 Å². The zero-order valence-corrected chi connectivity index (χ0v) is 16.0. The zero-order chi connectivity index (χ0) is 17.6. The number of rotatable bonds is 2. The second-order valence-corrected chi connectivity index (χ2v) is 7.73. The molecule has 0 radical (unpaired) electrons. The predicted molar refractivity (Wildman–Crippen MR) is 103 cm³/mol. The quantitative estimate of drug-likeness (QED) is 0.501. The van der Waals surface area contributed by atoms with Gasteiger partial charge >= 0.3 is 5.97 Å². The van der Waals surface area contributed by atoms with Crippen molar-refractivity contribution in [2.45, 2.75) is 18.4 Å². The molecule has 1 aliphatic heterocycles. The highest BCUT2D eigenvalue weighted by atomic mass is 79.9. The highest BCUT2D eigenvalue weighted by Crippen LogP contribution is 2.52. The molecule has 1 N–H and O–H groups in total. The van der Waals surface area contributed by atoms with Crippen LogP contribution in [0.25, 0.3) is 0 Å². The number of ether oxygens (including phenoxy) is 1. The standard InChI is InChI=1S/C20H17BrClNO2/c1-25-20(24)15-9-10-16(22)19-17(15)13-3-2-4-14(13)18(23-19)11-5-7-12(21)8-6-11/h2-3,5-10,13-14,18,23H,4H2,1H3/t13-,14-,18+/m1/s1. The molecule has 128 valence electrons. The smallest absolute Gasteiger partial charge is 0.338 e. The average molecular weight is 419 g/mol. The molecule has 0 bridgehead atoms. The number of fused-ring (bicyclic) bond motifs is 3. The van der Waals surface area contributed by atoms with Gasteiger partial charge in [0, 0.05) is 10.4 Å². The maximum Gasteiger partial charge on any atom is 0.338 e. The van der Waals surface area contributed by atoms with E-state index in [1.54, 1.807) is 12.1 Å². The van der Waals surface area contributed by atoms with Crippen molar-refractivity contribution < 1.29 is 9.53 Å². The van der Waals surface area contributed by atoms with Gasteiger partial charge in [-0.2, -0.15) is 0 Å². The molecule has 0 spiro atoms. The van der Waals surface area contributed by atoms with Gasteiger partial charge in [-0.15, -0.1) is 0 Å². The van der Waals surface area contributed by atoms with Crippen LogP contribution in [0.1, 0.15) is 39.9 Å². The predicted octanol–water partition coefficient (Wildman–Crippen LogP) is 5.72. The number of nitrogens with one attached hydrogen (secondary N) is 1. The Morgan fingerprint density at radius 2 is 2.00 bits per heavy atom. The average Bonchev–Trinajstić information content (AvgIpc) is 3.11. The number of benzene rings is 2. The second-order valence-electron chi connectivity index (χ2n) is 6.40. The monoisotopic (exact) mass is 417 g/mol. The van der Waals surface area contributed by atoms with Crippen LogP contribution in [0.3, 0.4) is 0 Å². The third-order valence-corrected chi connectivity index (χ3v) is 5.95. The summed E-state index contributed by atoms with van der Waals surface area (Å²) < 4.78 is 6.03. The minimum atomic E-state index is -0.323. The summed E-state index contributed by atoms with van der Waals surface area (Å²) >= 11 is 9.98. The summed E-state index contributed by atoms with van der Waals surface area (Å²) in [5.74, 6) is 0.170. The van der Waals surface area contributed by atoms with Gasteiger partial charge in [-0.05, 0) is 47.7 Å². The minimum absolute atomic E-state index is 0.144. The van der Waals surface area contributed by atoms with Crippen molar-refractivity contribution in [3.63, 3.8) is 0 Å². The van der Waals surface area contributed by atoms with Crippen molar-refractivity contribution in [3.8, 4) is 0 Å². The number of allylic oxidation sites excluding steroid dienone is 2. The molecule has 5 heteroatoms. The summed E-state index contributed by atoms with van der Waals surface area (Å²) in [5, 5.41) is 4.23. The van der Waals surface area contributed by atoms with Crippen LogP contribution in [0.4, 0.5) is 5.69 Å². The molecular formula is C20H17BrClNO2. The molecule has 4 rings (SSSR count). The van der Waals surface area contributed by atoms with Crippen LogP contribution in [0, 0.1) is 5.92 Å². The number of hydrogen-bond donors (Lipinski definition) is 1. The highest BCUT2D eigenvalue weighted by Gasteiger charge is 2.40. The van der Waals surface area contributed by atoms with Crippen molar-refractivity contribution in [3.05, 3.63) is 74.7 Å². The summed E-state index contributed by atoms with van der Waals surface area (Å²) in [6.45, 7) is 0. The van der Waals surface area contributed by atoms with E-state index in [0.717, 1.165) is 22.1 Å². The normalized spacial score (nSPS) is 23.6. The van der Waals surface area contributed by atoms with Gasteiger partial charge in [0.1, 0.15) is 0 Å². The molecule has 2 aromatic rings. The molecule has 0 saturated heterocycles. The van der Waals surface area contributed by atoms with E-state index >= 15 is 0 Å². The fourth-order valence-electron chi connectivity index (χ4n) is 3.96. The van der Waals surface area contributed by atoms with E-state index in [2.05, 4.69) is 57.7 Å². The Kier molecular flexibility index (Phi) is 4.34. The van der Waals surface area contributed by atoms with Crippen LogP contribution >= 0.6 is 27.5 Å². The van der Waals surface area contributed by atoms with Gasteiger partial charge in [-0.1, -0.05) is 51.8 Å². The summed E-state index contributed by atoms with van der Waals surface area (Å²) in [7, 11) is 1.41. The van der Waals surface area contributed by atoms with E-state index < -0.39 is 0 Å². The van der Waals surface area contributed by atoms with Crippen LogP contribution < -0.4 is 5.32 Å². The second kappa shape index (κ2) is 6.50. The fourth-order valence-corrected chi connectivity index (χ4v) is 4.45. The first-order valence-electron chi connectivity index (χ1n) is 8.19. The zero-order valence-electron chi connectivity index (χ0n) is 13.6. The first-order valence-corrected chi connectivity index (χ1v) is 9.36. The summed E-state index contributed by atoms with van der Waals surface area (Å²) in [4.78, 5) is 12.3. The lowest BCUT2D eigenvalue weighted by Crippen LogP contribution is -2.30. The number of carbonyl (C=O) groups is 1. The Bertz CT molecular complexity index is 863. The number of hydrogen-bond acceptors (Lipinski definition) is 3. The van der Waals surface area contributed by atoms with Gasteiger partial charge in [-0.3, -0.25) is 0 Å². The van der Waals surface area contributed by atoms with E-state index in [4.69, 9.17) is 16.3 Å². The lowest BCUT2D eigenvalue weighted by atomic mass is 9.75. The number of anilines is 1. The summed E-state index contributed by atoms with van der Waals surface area (Å²) in [6, 6.07) is 12.0. The number of esters is 1. The lowest BCUT2D eigenvalue weighted by Gasteiger charge is -2.38. The maximum absolute atomic E-state index is 12.3. The number of halogens is 2. The van der Waals surface area contributed by atoms with Crippen molar-refractivity contribution in [2.75, 3.05) is 12.4 Å². The van der Waals surface area contributed by atoms with Crippen LogP contribution in [0.2, 0.25) is 5.02 Å². The first kappa shape index (κ1) is 16.7. The van der Waals surface area contributed by atoms with Crippen molar-refractivity contribution in [2.24, 2.45) is 5.92 Å².